The zero-order valence-corrected chi connectivity index (χ0v) is 8.32. The molecule has 4 nitrogen and oxygen atoms in total. The lowest BCUT2D eigenvalue weighted by molar-refractivity contribution is -0.385. The summed E-state index contributed by atoms with van der Waals surface area (Å²) in [4.78, 5) is 9.79. The Bertz CT molecular complexity index is 419. The van der Waals surface area contributed by atoms with Crippen molar-refractivity contribution in [3.05, 3.63) is 33.9 Å². The molecule has 1 N–H and O–H groups in total. The molecule has 1 aliphatic carbocycles. The van der Waals surface area contributed by atoms with Crippen molar-refractivity contribution in [3.63, 3.8) is 0 Å². The Balaban J connectivity index is 2.31. The van der Waals surface area contributed by atoms with Crippen LogP contribution in [0.4, 0.5) is 20.2 Å². The van der Waals surface area contributed by atoms with Crippen LogP contribution in [-0.2, 0) is 0 Å². The van der Waals surface area contributed by atoms with Crippen LogP contribution < -0.4 is 5.32 Å². The number of nitrogens with one attached hydrogen (secondary N) is 1. The molecule has 1 aliphatic rings. The van der Waals surface area contributed by atoms with E-state index in [2.05, 4.69) is 5.32 Å². The maximum atomic E-state index is 12.7. The molecule has 0 heterocycles. The minimum Gasteiger partial charge on any atom is -0.382 e. The molecule has 2 rings (SSSR count). The summed E-state index contributed by atoms with van der Waals surface area (Å²) in [6.07, 6.45) is -0.791. The van der Waals surface area contributed by atoms with E-state index in [1.54, 1.807) is 0 Å². The van der Waals surface area contributed by atoms with E-state index in [4.69, 9.17) is 0 Å². The summed E-state index contributed by atoms with van der Waals surface area (Å²) in [7, 11) is 0. The first kappa shape index (κ1) is 10.8. The van der Waals surface area contributed by atoms with Gasteiger partial charge in [-0.2, -0.15) is 0 Å². The van der Waals surface area contributed by atoms with Gasteiger partial charge in [0.05, 0.1) is 4.92 Å². The predicted octanol–water partition coefficient (Wildman–Crippen LogP) is 3.11. The quantitative estimate of drug-likeness (QED) is 0.636. The van der Waals surface area contributed by atoms with E-state index >= 15 is 0 Å². The van der Waals surface area contributed by atoms with E-state index < -0.39 is 11.3 Å². The molecule has 0 atom stereocenters. The van der Waals surface area contributed by atoms with Crippen molar-refractivity contribution in [1.82, 2.24) is 0 Å². The van der Waals surface area contributed by atoms with Crippen LogP contribution >= 0.6 is 0 Å². The lowest BCUT2D eigenvalue weighted by atomic mass is 10.1. The minimum atomic E-state index is -2.71. The first-order valence-corrected chi connectivity index (χ1v) is 4.91. The topological polar surface area (TPSA) is 55.2 Å². The number of nitro groups is 1. The van der Waals surface area contributed by atoms with Gasteiger partial charge in [0.25, 0.3) is 12.1 Å². The average Bonchev–Trinajstić information content (AvgIpc) is 3.01. The minimum absolute atomic E-state index is 0.235. The summed E-state index contributed by atoms with van der Waals surface area (Å²) in [5, 5.41) is 13.4. The summed E-state index contributed by atoms with van der Waals surface area (Å²) in [5.41, 5.74) is -0.319. The van der Waals surface area contributed by atoms with Gasteiger partial charge < -0.3 is 5.32 Å². The second-order valence-electron chi connectivity index (χ2n) is 3.75. The van der Waals surface area contributed by atoms with Crippen molar-refractivity contribution in [3.8, 4) is 0 Å². The van der Waals surface area contributed by atoms with E-state index in [0.29, 0.717) is 5.69 Å². The number of hydrogen-bond acceptors (Lipinski definition) is 3. The van der Waals surface area contributed by atoms with Crippen LogP contribution in [0, 0.1) is 10.1 Å². The number of hydrogen-bond donors (Lipinski definition) is 1. The van der Waals surface area contributed by atoms with Crippen LogP contribution in [0.2, 0.25) is 0 Å². The molecule has 0 radical (unpaired) electrons. The van der Waals surface area contributed by atoms with Crippen LogP contribution in [0.3, 0.4) is 0 Å². The number of benzene rings is 1. The molecule has 6 heteroatoms. The first-order valence-electron chi connectivity index (χ1n) is 4.91. The van der Waals surface area contributed by atoms with Crippen molar-refractivity contribution in [2.24, 2.45) is 0 Å². The van der Waals surface area contributed by atoms with Gasteiger partial charge in [0.1, 0.15) is 0 Å². The Hall–Kier alpha value is -1.72. The molecule has 0 amide bonds. The van der Waals surface area contributed by atoms with Crippen molar-refractivity contribution < 1.29 is 13.7 Å². The highest BCUT2D eigenvalue weighted by molar-refractivity contribution is 5.57. The number of anilines is 1. The largest absolute Gasteiger partial charge is 0.382 e. The monoisotopic (exact) mass is 228 g/mol. The number of nitro benzene ring substituents is 1. The number of non-ortho nitro benzene ring substituents is 1. The van der Waals surface area contributed by atoms with Gasteiger partial charge in [0.2, 0.25) is 0 Å². The summed E-state index contributed by atoms with van der Waals surface area (Å²) < 4.78 is 25.4. The third-order valence-electron chi connectivity index (χ3n) is 2.42. The van der Waals surface area contributed by atoms with E-state index in [0.717, 1.165) is 18.9 Å². The normalized spacial score (nSPS) is 15.2. The molecule has 0 bridgehead atoms. The lowest BCUT2D eigenvalue weighted by Gasteiger charge is -2.10. The van der Waals surface area contributed by atoms with Gasteiger partial charge in [0.15, 0.2) is 0 Å². The molecule has 1 aromatic carbocycles. The van der Waals surface area contributed by atoms with Crippen molar-refractivity contribution in [2.75, 3.05) is 5.32 Å². The maximum absolute atomic E-state index is 12.7. The van der Waals surface area contributed by atoms with Crippen molar-refractivity contribution in [1.29, 1.82) is 0 Å². The van der Waals surface area contributed by atoms with Gasteiger partial charge in [-0.05, 0) is 18.9 Å². The lowest BCUT2D eigenvalue weighted by Crippen LogP contribution is -2.05. The predicted molar refractivity (Wildman–Crippen MR) is 54.7 cm³/mol. The van der Waals surface area contributed by atoms with Gasteiger partial charge in [-0.25, -0.2) is 8.78 Å². The molecule has 16 heavy (non-hydrogen) atoms. The highest BCUT2D eigenvalue weighted by Crippen LogP contribution is 2.33. The number of nitrogens with zero attached hydrogens (tertiary/aromatic N) is 1. The van der Waals surface area contributed by atoms with Crippen LogP contribution in [0.25, 0.3) is 0 Å². The fourth-order valence-corrected chi connectivity index (χ4v) is 1.42. The number of rotatable bonds is 4. The second kappa shape index (κ2) is 4.03. The summed E-state index contributed by atoms with van der Waals surface area (Å²) >= 11 is 0. The van der Waals surface area contributed by atoms with Gasteiger partial charge in [-0.15, -0.1) is 0 Å². The average molecular weight is 228 g/mol. The Morgan fingerprint density at radius 2 is 2.12 bits per heavy atom. The van der Waals surface area contributed by atoms with Gasteiger partial charge in [-0.3, -0.25) is 10.1 Å². The van der Waals surface area contributed by atoms with E-state index in [1.807, 2.05) is 0 Å². The fraction of sp³-hybridized carbons (Fsp3) is 0.400. The van der Waals surface area contributed by atoms with Crippen LogP contribution in [-0.4, -0.2) is 11.0 Å². The highest BCUT2D eigenvalue weighted by atomic mass is 19.3. The molecule has 86 valence electrons. The summed E-state index contributed by atoms with van der Waals surface area (Å²) in [6, 6.07) is 3.74. The Morgan fingerprint density at radius 1 is 1.44 bits per heavy atom. The SMILES string of the molecule is O=[N+]([O-])c1ccc(NC2CC2)c(C(F)F)c1. The highest BCUT2D eigenvalue weighted by Gasteiger charge is 2.24. The molecule has 0 aliphatic heterocycles. The molecule has 1 saturated carbocycles. The molecule has 1 fully saturated rings. The molecule has 0 aromatic heterocycles. The third-order valence-corrected chi connectivity index (χ3v) is 2.42. The molecular formula is C10H10F2N2O2. The Labute approximate surface area is 90.4 Å². The third kappa shape index (κ3) is 2.26. The molecule has 0 spiro atoms. The van der Waals surface area contributed by atoms with Crippen LogP contribution in [0.1, 0.15) is 24.8 Å². The Morgan fingerprint density at radius 3 is 2.62 bits per heavy atom. The zero-order chi connectivity index (χ0) is 11.7. The van der Waals surface area contributed by atoms with Crippen molar-refractivity contribution >= 4 is 11.4 Å². The first-order chi connectivity index (χ1) is 7.58. The molecule has 0 saturated heterocycles. The Kier molecular flexibility index (Phi) is 2.72. The van der Waals surface area contributed by atoms with E-state index in [1.165, 1.54) is 12.1 Å². The fourth-order valence-electron chi connectivity index (χ4n) is 1.42. The summed E-state index contributed by atoms with van der Waals surface area (Å²) in [5.74, 6) is 0. The van der Waals surface area contributed by atoms with E-state index in [-0.39, 0.29) is 17.3 Å². The maximum Gasteiger partial charge on any atom is 0.270 e. The number of halogens is 2. The summed E-state index contributed by atoms with van der Waals surface area (Å²) in [6.45, 7) is 0. The second-order valence-corrected chi connectivity index (χ2v) is 3.75. The van der Waals surface area contributed by atoms with Crippen molar-refractivity contribution in [2.45, 2.75) is 25.3 Å². The molecule has 1 aromatic rings. The number of alkyl halides is 2. The molecule has 0 unspecified atom stereocenters. The van der Waals surface area contributed by atoms with Gasteiger partial charge in [-0.1, -0.05) is 0 Å². The van der Waals surface area contributed by atoms with Gasteiger partial charge in [0, 0.05) is 29.4 Å². The zero-order valence-electron chi connectivity index (χ0n) is 8.32. The standard InChI is InChI=1S/C10H10F2N2O2/c11-10(12)8-5-7(14(15)16)3-4-9(8)13-6-1-2-6/h3-6,10,13H,1-2H2. The van der Waals surface area contributed by atoms with Gasteiger partial charge >= 0.3 is 0 Å². The van der Waals surface area contributed by atoms with Crippen LogP contribution in [0.5, 0.6) is 0 Å². The smallest absolute Gasteiger partial charge is 0.270 e. The molecular weight excluding hydrogens is 218 g/mol. The van der Waals surface area contributed by atoms with E-state index in [9.17, 15) is 18.9 Å². The van der Waals surface area contributed by atoms with Crippen LogP contribution in [0.15, 0.2) is 18.2 Å².